The molecule has 2 aromatic heterocycles. The molecule has 3 heterocycles. The van der Waals surface area contributed by atoms with Crippen LogP contribution in [-0.4, -0.2) is 34.9 Å². The molecule has 1 saturated heterocycles. The summed E-state index contributed by atoms with van der Waals surface area (Å²) in [6, 6.07) is 7.77. The van der Waals surface area contributed by atoms with E-state index in [1.807, 2.05) is 45.0 Å². The molecule has 1 aliphatic heterocycles. The van der Waals surface area contributed by atoms with E-state index in [-0.39, 0.29) is 17.7 Å². The molecule has 156 valence electrons. The molecule has 0 unspecified atom stereocenters. The Morgan fingerprint density at radius 2 is 1.83 bits per heavy atom. The smallest absolute Gasteiger partial charge is 0.266 e. The van der Waals surface area contributed by atoms with Crippen molar-refractivity contribution in [2.75, 3.05) is 23.3 Å². The zero-order valence-corrected chi connectivity index (χ0v) is 18.2. The molecule has 1 aliphatic rings. The number of piperidine rings is 1. The third-order valence-electron chi connectivity index (χ3n) is 5.68. The summed E-state index contributed by atoms with van der Waals surface area (Å²) >= 11 is 1.40. The molecule has 1 aromatic carbocycles. The van der Waals surface area contributed by atoms with Crippen molar-refractivity contribution in [1.82, 2.24) is 9.97 Å². The fourth-order valence-electron chi connectivity index (χ4n) is 4.13. The number of primary amides is 1. The molecular weight excluding hydrogens is 398 g/mol. The predicted octanol–water partition coefficient (Wildman–Crippen LogP) is 3.57. The fourth-order valence-corrected chi connectivity index (χ4v) is 5.30. The van der Waals surface area contributed by atoms with Gasteiger partial charge in [-0.1, -0.05) is 12.1 Å². The molecule has 1 fully saturated rings. The number of aryl methyl sites for hydroxylation is 3. The zero-order chi connectivity index (χ0) is 21.4. The Hall–Kier alpha value is -3.00. The number of para-hydroxylation sites is 2. The minimum Gasteiger partial charge on any atom is -0.370 e. The van der Waals surface area contributed by atoms with Crippen molar-refractivity contribution in [2.45, 2.75) is 33.6 Å². The second kappa shape index (κ2) is 8.02. The van der Waals surface area contributed by atoms with Crippen molar-refractivity contribution < 1.29 is 9.59 Å². The van der Waals surface area contributed by atoms with Crippen LogP contribution in [0.5, 0.6) is 0 Å². The van der Waals surface area contributed by atoms with Gasteiger partial charge in [-0.25, -0.2) is 9.97 Å². The van der Waals surface area contributed by atoms with Crippen LogP contribution in [0.15, 0.2) is 24.3 Å². The van der Waals surface area contributed by atoms with Gasteiger partial charge >= 0.3 is 0 Å². The van der Waals surface area contributed by atoms with Crippen molar-refractivity contribution in [2.24, 2.45) is 11.7 Å². The Kier molecular flexibility index (Phi) is 5.42. The number of carbonyl (C=O) groups excluding carboxylic acids is 2. The third-order valence-corrected chi connectivity index (χ3v) is 6.86. The second-order valence-corrected chi connectivity index (χ2v) is 8.73. The van der Waals surface area contributed by atoms with Crippen LogP contribution in [0.4, 0.5) is 11.4 Å². The lowest BCUT2D eigenvalue weighted by Crippen LogP contribution is -2.38. The van der Waals surface area contributed by atoms with Crippen LogP contribution >= 0.6 is 11.3 Å². The summed E-state index contributed by atoms with van der Waals surface area (Å²) in [5.74, 6) is 0.257. The predicted molar refractivity (Wildman–Crippen MR) is 120 cm³/mol. The van der Waals surface area contributed by atoms with Crippen LogP contribution in [0.2, 0.25) is 0 Å². The monoisotopic (exact) mass is 423 g/mol. The van der Waals surface area contributed by atoms with Crippen LogP contribution in [0.1, 0.15) is 39.6 Å². The molecule has 3 N–H and O–H groups in total. The summed E-state index contributed by atoms with van der Waals surface area (Å²) in [6.07, 6.45) is 1.45. The van der Waals surface area contributed by atoms with E-state index >= 15 is 0 Å². The van der Waals surface area contributed by atoms with Gasteiger partial charge in [-0.3, -0.25) is 9.59 Å². The largest absolute Gasteiger partial charge is 0.370 e. The number of hydrogen-bond acceptors (Lipinski definition) is 6. The minimum atomic E-state index is -0.231. The van der Waals surface area contributed by atoms with Crippen LogP contribution in [0.3, 0.4) is 0 Å². The summed E-state index contributed by atoms with van der Waals surface area (Å²) in [6.45, 7) is 7.22. The van der Waals surface area contributed by atoms with E-state index in [4.69, 9.17) is 5.73 Å². The molecule has 4 rings (SSSR count). The van der Waals surface area contributed by atoms with Crippen molar-refractivity contribution >= 4 is 44.7 Å². The summed E-state index contributed by atoms with van der Waals surface area (Å²) in [5.41, 5.74) is 8.97. The van der Waals surface area contributed by atoms with E-state index in [1.54, 1.807) is 0 Å². The average molecular weight is 424 g/mol. The molecule has 8 heteroatoms. The Morgan fingerprint density at radius 3 is 2.53 bits per heavy atom. The van der Waals surface area contributed by atoms with E-state index in [0.717, 1.165) is 58.8 Å². The summed E-state index contributed by atoms with van der Waals surface area (Å²) < 4.78 is 0. The lowest BCUT2D eigenvalue weighted by atomic mass is 9.96. The lowest BCUT2D eigenvalue weighted by molar-refractivity contribution is -0.122. The van der Waals surface area contributed by atoms with Gasteiger partial charge in [0.05, 0.1) is 16.3 Å². The number of nitrogens with two attached hydrogens (primary N) is 1. The number of aromatic nitrogens is 2. The van der Waals surface area contributed by atoms with E-state index in [9.17, 15) is 9.59 Å². The standard InChI is InChI=1S/C22H25N5O2S/c1-12-18-13(2)24-14(3)25-22(18)30-19(12)21(29)26-16-6-4-5-7-17(16)27-10-8-15(9-11-27)20(23)28/h4-7,15H,8-11H2,1-3H3,(H2,23,28)(H,26,29). The first-order valence-corrected chi connectivity index (χ1v) is 10.9. The summed E-state index contributed by atoms with van der Waals surface area (Å²) in [4.78, 5) is 37.2. The first-order valence-electron chi connectivity index (χ1n) is 10.0. The normalized spacial score (nSPS) is 14.8. The Morgan fingerprint density at radius 1 is 1.13 bits per heavy atom. The van der Waals surface area contributed by atoms with Crippen molar-refractivity contribution in [3.8, 4) is 0 Å². The number of amides is 2. The number of fused-ring (bicyclic) bond motifs is 1. The number of rotatable bonds is 4. The highest BCUT2D eigenvalue weighted by Gasteiger charge is 2.25. The number of thiophene rings is 1. The van der Waals surface area contributed by atoms with Gasteiger partial charge in [-0.2, -0.15) is 0 Å². The molecule has 7 nitrogen and oxygen atoms in total. The highest BCUT2D eigenvalue weighted by molar-refractivity contribution is 7.20. The number of hydrogen-bond donors (Lipinski definition) is 2. The van der Waals surface area contributed by atoms with E-state index in [1.165, 1.54) is 11.3 Å². The Bertz CT molecular complexity index is 1130. The highest BCUT2D eigenvalue weighted by atomic mass is 32.1. The van der Waals surface area contributed by atoms with Gasteiger partial charge in [0.15, 0.2) is 0 Å². The molecule has 0 aliphatic carbocycles. The SMILES string of the molecule is Cc1nc(C)c2c(C)c(C(=O)Nc3ccccc3N3CCC(C(N)=O)CC3)sc2n1. The van der Waals surface area contributed by atoms with Gasteiger partial charge < -0.3 is 16.0 Å². The first kappa shape index (κ1) is 20.3. The maximum atomic E-state index is 13.1. The van der Waals surface area contributed by atoms with Gasteiger partial charge in [0.25, 0.3) is 5.91 Å². The van der Waals surface area contributed by atoms with Crippen LogP contribution < -0.4 is 16.0 Å². The van der Waals surface area contributed by atoms with Crippen molar-refractivity contribution in [1.29, 1.82) is 0 Å². The fraction of sp³-hybridized carbons (Fsp3) is 0.364. The van der Waals surface area contributed by atoms with Gasteiger partial charge in [0.2, 0.25) is 5.91 Å². The van der Waals surface area contributed by atoms with Gasteiger partial charge in [0.1, 0.15) is 10.7 Å². The van der Waals surface area contributed by atoms with Gasteiger partial charge in [-0.05, 0) is 51.3 Å². The highest BCUT2D eigenvalue weighted by Crippen LogP contribution is 2.34. The number of nitrogens with zero attached hydrogens (tertiary/aromatic N) is 3. The number of benzene rings is 1. The summed E-state index contributed by atoms with van der Waals surface area (Å²) in [7, 11) is 0. The number of carbonyl (C=O) groups is 2. The van der Waals surface area contributed by atoms with E-state index in [2.05, 4.69) is 20.2 Å². The number of anilines is 2. The number of nitrogens with one attached hydrogen (secondary N) is 1. The molecule has 3 aromatic rings. The van der Waals surface area contributed by atoms with Crippen LogP contribution in [0.25, 0.3) is 10.2 Å². The van der Waals surface area contributed by atoms with E-state index < -0.39 is 0 Å². The van der Waals surface area contributed by atoms with E-state index in [0.29, 0.717) is 10.7 Å². The molecule has 0 atom stereocenters. The molecule has 2 amide bonds. The van der Waals surface area contributed by atoms with Gasteiger partial charge in [0, 0.05) is 30.1 Å². The van der Waals surface area contributed by atoms with Crippen molar-refractivity contribution in [3.63, 3.8) is 0 Å². The third kappa shape index (κ3) is 3.75. The van der Waals surface area contributed by atoms with Crippen molar-refractivity contribution in [3.05, 3.63) is 46.2 Å². The van der Waals surface area contributed by atoms with Crippen LogP contribution in [-0.2, 0) is 4.79 Å². The quantitative estimate of drug-likeness (QED) is 0.668. The van der Waals surface area contributed by atoms with Crippen LogP contribution in [0, 0.1) is 26.7 Å². The summed E-state index contributed by atoms with van der Waals surface area (Å²) in [5, 5.41) is 4.04. The molecule has 30 heavy (non-hydrogen) atoms. The average Bonchev–Trinajstić information content (AvgIpc) is 3.05. The molecular formula is C22H25N5O2S. The topological polar surface area (TPSA) is 101 Å². The zero-order valence-electron chi connectivity index (χ0n) is 17.4. The maximum Gasteiger partial charge on any atom is 0.266 e. The minimum absolute atomic E-state index is 0.0722. The molecule has 0 spiro atoms. The molecule has 0 radical (unpaired) electrons. The second-order valence-electron chi connectivity index (χ2n) is 7.73. The maximum absolute atomic E-state index is 13.1. The Labute approximate surface area is 179 Å². The lowest BCUT2D eigenvalue weighted by Gasteiger charge is -2.33. The first-order chi connectivity index (χ1) is 14.3. The molecule has 0 saturated carbocycles. The molecule has 0 bridgehead atoms. The Balaban J connectivity index is 1.59. The van der Waals surface area contributed by atoms with Gasteiger partial charge in [-0.15, -0.1) is 11.3 Å².